The minimum atomic E-state index is -0.566. The van der Waals surface area contributed by atoms with Crippen molar-refractivity contribution in [2.24, 2.45) is 0 Å². The molecule has 0 aliphatic carbocycles. The monoisotopic (exact) mass is 350 g/mol. The van der Waals surface area contributed by atoms with Gasteiger partial charge in [-0.05, 0) is 57.4 Å². The molecule has 1 fully saturated rings. The zero-order valence-corrected chi connectivity index (χ0v) is 16.5. The molecule has 1 aliphatic heterocycles. The summed E-state index contributed by atoms with van der Waals surface area (Å²) in [6.45, 7) is 14.0. The molecule has 1 aliphatic rings. The van der Waals surface area contributed by atoms with Gasteiger partial charge in [-0.1, -0.05) is 27.7 Å². The largest absolute Gasteiger partial charge is 0.444 e. The minimum absolute atomic E-state index is 0.234. The topological polar surface area (TPSA) is 53.3 Å². The lowest BCUT2D eigenvalue weighted by Crippen LogP contribution is -2.36. The standard InChI is InChI=1S/C16H19FN2O2.2C2H6/c1-16(2,3)21-15(20)19-6-4-5-14(19)12-7-11(10-18)8-13(17)9-12;2*1-2/h7-9,14H,4-6H2,1-3H3;2*1-2H3. The zero-order chi connectivity index (χ0) is 19.6. The first-order valence-electron chi connectivity index (χ1n) is 9.00. The SMILES string of the molecule is CC.CC.CC(C)(C)OC(=O)N1CCCC1c1cc(F)cc(C#N)c1. The van der Waals surface area contributed by atoms with Crippen molar-refractivity contribution < 1.29 is 13.9 Å². The van der Waals surface area contributed by atoms with Gasteiger partial charge in [-0.2, -0.15) is 5.26 Å². The van der Waals surface area contributed by atoms with Gasteiger partial charge in [0, 0.05) is 6.54 Å². The molecule has 1 aromatic carbocycles. The molecule has 140 valence electrons. The number of hydrogen-bond donors (Lipinski definition) is 0. The van der Waals surface area contributed by atoms with Crippen LogP contribution in [-0.2, 0) is 4.74 Å². The second kappa shape index (κ2) is 10.7. The van der Waals surface area contributed by atoms with E-state index < -0.39 is 17.5 Å². The van der Waals surface area contributed by atoms with E-state index in [0.29, 0.717) is 12.1 Å². The number of nitrogens with zero attached hydrogens (tertiary/aromatic N) is 2. The molecule has 1 atom stereocenters. The third-order valence-electron chi connectivity index (χ3n) is 3.31. The molecule has 1 amide bonds. The van der Waals surface area contributed by atoms with Crippen molar-refractivity contribution in [1.82, 2.24) is 4.90 Å². The summed E-state index contributed by atoms with van der Waals surface area (Å²) in [5.41, 5.74) is 0.347. The van der Waals surface area contributed by atoms with Crippen LogP contribution in [0.15, 0.2) is 18.2 Å². The van der Waals surface area contributed by atoms with E-state index in [1.165, 1.54) is 12.1 Å². The van der Waals surface area contributed by atoms with E-state index in [0.717, 1.165) is 12.8 Å². The molecule has 1 saturated heterocycles. The number of amides is 1. The van der Waals surface area contributed by atoms with Crippen molar-refractivity contribution in [2.45, 2.75) is 73.0 Å². The molecule has 0 aromatic heterocycles. The van der Waals surface area contributed by atoms with Gasteiger partial charge in [0.1, 0.15) is 11.4 Å². The number of ether oxygens (including phenoxy) is 1. The van der Waals surface area contributed by atoms with Gasteiger partial charge < -0.3 is 9.64 Å². The zero-order valence-electron chi connectivity index (χ0n) is 16.5. The highest BCUT2D eigenvalue weighted by Crippen LogP contribution is 2.33. The van der Waals surface area contributed by atoms with Gasteiger partial charge in [0.2, 0.25) is 0 Å². The first kappa shape index (κ1) is 22.9. The number of likely N-dealkylation sites (tertiary alicyclic amines) is 1. The molecular weight excluding hydrogens is 319 g/mol. The van der Waals surface area contributed by atoms with E-state index in [-0.39, 0.29) is 11.6 Å². The number of halogens is 1. The summed E-state index contributed by atoms with van der Waals surface area (Å²) < 4.78 is 19.0. The second-order valence-electron chi connectivity index (χ2n) is 6.22. The summed E-state index contributed by atoms with van der Waals surface area (Å²) in [6, 6.07) is 5.91. The fourth-order valence-electron chi connectivity index (χ4n) is 2.52. The van der Waals surface area contributed by atoms with Crippen LogP contribution in [0.5, 0.6) is 0 Å². The first-order valence-corrected chi connectivity index (χ1v) is 9.00. The predicted octanol–water partition coefficient (Wildman–Crippen LogP) is 5.82. The highest BCUT2D eigenvalue weighted by Gasteiger charge is 2.33. The maximum Gasteiger partial charge on any atom is 0.410 e. The summed E-state index contributed by atoms with van der Waals surface area (Å²) in [5.74, 6) is -0.458. The fourth-order valence-corrected chi connectivity index (χ4v) is 2.52. The average Bonchev–Trinajstić information content (AvgIpc) is 3.06. The van der Waals surface area contributed by atoms with Gasteiger partial charge in [-0.25, -0.2) is 9.18 Å². The van der Waals surface area contributed by atoms with Gasteiger partial charge >= 0.3 is 6.09 Å². The molecule has 0 saturated carbocycles. The van der Waals surface area contributed by atoms with E-state index in [1.807, 2.05) is 54.5 Å². The van der Waals surface area contributed by atoms with E-state index >= 15 is 0 Å². The van der Waals surface area contributed by atoms with Crippen LogP contribution in [0, 0.1) is 17.1 Å². The normalized spacial score (nSPS) is 16.0. The summed E-state index contributed by atoms with van der Waals surface area (Å²) in [5, 5.41) is 8.94. The van der Waals surface area contributed by atoms with E-state index in [2.05, 4.69) is 0 Å². The van der Waals surface area contributed by atoms with Crippen LogP contribution in [0.4, 0.5) is 9.18 Å². The van der Waals surface area contributed by atoms with Gasteiger partial charge in [0.25, 0.3) is 0 Å². The lowest BCUT2D eigenvalue weighted by molar-refractivity contribution is 0.0224. The van der Waals surface area contributed by atoms with Crippen molar-refractivity contribution >= 4 is 6.09 Å². The predicted molar refractivity (Wildman–Crippen MR) is 98.7 cm³/mol. The summed E-state index contributed by atoms with van der Waals surface area (Å²) in [7, 11) is 0. The molecule has 5 heteroatoms. The summed E-state index contributed by atoms with van der Waals surface area (Å²) >= 11 is 0. The molecule has 0 N–H and O–H groups in total. The molecule has 0 spiro atoms. The highest BCUT2D eigenvalue weighted by atomic mass is 19.1. The number of benzene rings is 1. The Kier molecular flexibility index (Phi) is 9.81. The number of carbonyl (C=O) groups excluding carboxylic acids is 1. The molecule has 2 rings (SSSR count). The van der Waals surface area contributed by atoms with Crippen LogP contribution in [0.25, 0.3) is 0 Å². The summed E-state index contributed by atoms with van der Waals surface area (Å²) in [6.07, 6.45) is 1.18. The van der Waals surface area contributed by atoms with Crippen molar-refractivity contribution in [1.29, 1.82) is 5.26 Å². The molecule has 4 nitrogen and oxygen atoms in total. The number of nitriles is 1. The Bertz CT molecular complexity index is 588. The van der Waals surface area contributed by atoms with Crippen molar-refractivity contribution in [2.75, 3.05) is 6.54 Å². The van der Waals surface area contributed by atoms with E-state index in [9.17, 15) is 9.18 Å². The van der Waals surface area contributed by atoms with Crippen molar-refractivity contribution in [3.05, 3.63) is 35.1 Å². The maximum absolute atomic E-state index is 13.6. The van der Waals surface area contributed by atoms with Crippen LogP contribution < -0.4 is 0 Å². The molecule has 1 heterocycles. The molecule has 1 aromatic rings. The molecule has 0 bridgehead atoms. The van der Waals surface area contributed by atoms with Crippen molar-refractivity contribution in [3.63, 3.8) is 0 Å². The van der Waals surface area contributed by atoms with Gasteiger partial charge in [0.05, 0.1) is 17.7 Å². The quantitative estimate of drug-likeness (QED) is 0.641. The van der Waals surface area contributed by atoms with Crippen molar-refractivity contribution in [3.8, 4) is 6.07 Å². The van der Waals surface area contributed by atoms with E-state index in [1.54, 1.807) is 11.0 Å². The number of hydrogen-bond acceptors (Lipinski definition) is 3. The third-order valence-corrected chi connectivity index (χ3v) is 3.31. The maximum atomic E-state index is 13.6. The van der Waals surface area contributed by atoms with Gasteiger partial charge in [-0.3, -0.25) is 0 Å². The number of rotatable bonds is 1. The average molecular weight is 350 g/mol. The van der Waals surface area contributed by atoms with Gasteiger partial charge in [0.15, 0.2) is 0 Å². The van der Waals surface area contributed by atoms with Crippen LogP contribution in [0.1, 0.15) is 78.5 Å². The molecular formula is C20H31FN2O2. The summed E-state index contributed by atoms with van der Waals surface area (Å²) in [4.78, 5) is 13.8. The Balaban J connectivity index is 0.00000134. The second-order valence-corrected chi connectivity index (χ2v) is 6.22. The Morgan fingerprint density at radius 2 is 1.84 bits per heavy atom. The Morgan fingerprint density at radius 3 is 2.36 bits per heavy atom. The van der Waals surface area contributed by atoms with Crippen LogP contribution in [0.2, 0.25) is 0 Å². The minimum Gasteiger partial charge on any atom is -0.444 e. The first-order chi connectivity index (χ1) is 11.8. The third kappa shape index (κ3) is 7.13. The Labute approximate surface area is 151 Å². The van der Waals surface area contributed by atoms with E-state index in [4.69, 9.17) is 10.00 Å². The molecule has 1 unspecified atom stereocenters. The lowest BCUT2D eigenvalue weighted by atomic mass is 10.0. The molecule has 25 heavy (non-hydrogen) atoms. The van der Waals surface area contributed by atoms with Crippen LogP contribution in [-0.4, -0.2) is 23.1 Å². The number of carbonyl (C=O) groups is 1. The Morgan fingerprint density at radius 1 is 1.24 bits per heavy atom. The molecule has 0 radical (unpaired) electrons. The van der Waals surface area contributed by atoms with Gasteiger partial charge in [-0.15, -0.1) is 0 Å². The van der Waals surface area contributed by atoms with Crippen LogP contribution in [0.3, 0.4) is 0 Å². The smallest absolute Gasteiger partial charge is 0.410 e. The lowest BCUT2D eigenvalue weighted by Gasteiger charge is -2.29. The highest BCUT2D eigenvalue weighted by molar-refractivity contribution is 5.69. The Hall–Kier alpha value is -2.09. The fraction of sp³-hybridized carbons (Fsp3) is 0.600. The van der Waals surface area contributed by atoms with Crippen LogP contribution >= 0.6 is 0 Å².